The molecular weight excluding hydrogens is 286 g/mol. The third kappa shape index (κ3) is 3.33. The molecular formula is C11H16BrN3O2. The van der Waals surface area contributed by atoms with Crippen molar-refractivity contribution in [3.05, 3.63) is 26.6 Å². The van der Waals surface area contributed by atoms with Crippen molar-refractivity contribution in [2.45, 2.75) is 26.3 Å². The summed E-state index contributed by atoms with van der Waals surface area (Å²) in [6.07, 6.45) is 2.62. The molecule has 1 aromatic rings. The maximum atomic E-state index is 11.8. The lowest BCUT2D eigenvalue weighted by Gasteiger charge is -2.10. The SMILES string of the molecule is CNC(=O)CCCn1cc(N)c(C)c(Br)c1=O. The highest BCUT2D eigenvalue weighted by molar-refractivity contribution is 9.10. The van der Waals surface area contributed by atoms with Crippen LogP contribution >= 0.6 is 15.9 Å². The molecule has 3 N–H and O–H groups in total. The second-order valence-electron chi connectivity index (χ2n) is 3.80. The first-order valence-corrected chi connectivity index (χ1v) is 6.12. The Morgan fingerprint density at radius 2 is 2.24 bits per heavy atom. The lowest BCUT2D eigenvalue weighted by Crippen LogP contribution is -2.24. The van der Waals surface area contributed by atoms with Crippen LogP contribution in [0, 0.1) is 6.92 Å². The highest BCUT2D eigenvalue weighted by Gasteiger charge is 2.08. The summed E-state index contributed by atoms with van der Waals surface area (Å²) in [5.74, 6) is -0.0304. The molecule has 1 amide bonds. The van der Waals surface area contributed by atoms with E-state index in [1.54, 1.807) is 20.2 Å². The molecule has 0 spiro atoms. The maximum absolute atomic E-state index is 11.8. The third-order valence-corrected chi connectivity index (χ3v) is 3.52. The summed E-state index contributed by atoms with van der Waals surface area (Å²) in [5, 5.41) is 2.54. The molecule has 94 valence electrons. The molecule has 1 aromatic heterocycles. The molecule has 6 heteroatoms. The topological polar surface area (TPSA) is 77.1 Å². The molecule has 1 heterocycles. The Labute approximate surface area is 108 Å². The second-order valence-corrected chi connectivity index (χ2v) is 4.59. The van der Waals surface area contributed by atoms with Crippen LogP contribution in [-0.4, -0.2) is 17.5 Å². The van der Waals surface area contributed by atoms with Crippen molar-refractivity contribution in [3.8, 4) is 0 Å². The minimum Gasteiger partial charge on any atom is -0.397 e. The second kappa shape index (κ2) is 5.86. The van der Waals surface area contributed by atoms with Crippen molar-refractivity contribution in [1.29, 1.82) is 0 Å². The Hall–Kier alpha value is -1.30. The predicted molar refractivity (Wildman–Crippen MR) is 70.9 cm³/mol. The molecule has 0 bridgehead atoms. The van der Waals surface area contributed by atoms with E-state index < -0.39 is 0 Å². The average molecular weight is 302 g/mol. The van der Waals surface area contributed by atoms with Crippen LogP contribution in [0.2, 0.25) is 0 Å². The number of halogens is 1. The van der Waals surface area contributed by atoms with E-state index in [1.165, 1.54) is 4.57 Å². The molecule has 0 saturated heterocycles. The molecule has 5 nitrogen and oxygen atoms in total. The Bertz CT molecular complexity index is 482. The van der Waals surface area contributed by atoms with Crippen LogP contribution in [0.25, 0.3) is 0 Å². The molecule has 0 aliphatic rings. The average Bonchev–Trinajstić information content (AvgIpc) is 2.32. The Balaban J connectivity index is 2.79. The van der Waals surface area contributed by atoms with Gasteiger partial charge >= 0.3 is 0 Å². The van der Waals surface area contributed by atoms with Crippen molar-refractivity contribution >= 4 is 27.5 Å². The number of rotatable bonds is 4. The minimum absolute atomic E-state index is 0.0304. The number of nitrogen functional groups attached to an aromatic ring is 1. The summed E-state index contributed by atoms with van der Waals surface area (Å²) < 4.78 is 2.01. The van der Waals surface area contributed by atoms with Gasteiger partial charge in [-0.15, -0.1) is 0 Å². The number of aromatic nitrogens is 1. The fourth-order valence-corrected chi connectivity index (χ4v) is 1.89. The van der Waals surface area contributed by atoms with Gasteiger partial charge < -0.3 is 15.6 Å². The highest BCUT2D eigenvalue weighted by atomic mass is 79.9. The number of pyridine rings is 1. The van der Waals surface area contributed by atoms with Crippen molar-refractivity contribution < 1.29 is 4.79 Å². The predicted octanol–water partition coefficient (Wildman–Crippen LogP) is 1.03. The lowest BCUT2D eigenvalue weighted by atomic mass is 10.2. The Kier molecular flexibility index (Phi) is 4.74. The van der Waals surface area contributed by atoms with E-state index in [0.29, 0.717) is 29.5 Å². The number of amides is 1. The zero-order valence-electron chi connectivity index (χ0n) is 9.92. The summed E-state index contributed by atoms with van der Waals surface area (Å²) in [6.45, 7) is 2.27. The van der Waals surface area contributed by atoms with Crippen LogP contribution in [0.1, 0.15) is 18.4 Å². The molecule has 0 unspecified atom stereocenters. The first kappa shape index (κ1) is 13.8. The third-order valence-electron chi connectivity index (χ3n) is 2.59. The van der Waals surface area contributed by atoms with Crippen molar-refractivity contribution in [2.24, 2.45) is 0 Å². The smallest absolute Gasteiger partial charge is 0.265 e. The van der Waals surface area contributed by atoms with Crippen molar-refractivity contribution in [2.75, 3.05) is 12.8 Å². The number of nitrogens with one attached hydrogen (secondary N) is 1. The Morgan fingerprint density at radius 1 is 1.59 bits per heavy atom. The number of carbonyl (C=O) groups excluding carboxylic acids is 1. The van der Waals surface area contributed by atoms with E-state index in [-0.39, 0.29) is 11.5 Å². The van der Waals surface area contributed by atoms with Gasteiger partial charge in [0.1, 0.15) is 0 Å². The zero-order chi connectivity index (χ0) is 13.0. The van der Waals surface area contributed by atoms with Crippen LogP contribution in [0.15, 0.2) is 15.5 Å². The van der Waals surface area contributed by atoms with Gasteiger partial charge in [0, 0.05) is 26.2 Å². The fraction of sp³-hybridized carbons (Fsp3) is 0.455. The lowest BCUT2D eigenvalue weighted by molar-refractivity contribution is -0.120. The van der Waals surface area contributed by atoms with Crippen molar-refractivity contribution in [3.63, 3.8) is 0 Å². The van der Waals surface area contributed by atoms with Gasteiger partial charge in [-0.05, 0) is 34.8 Å². The number of nitrogens with zero attached hydrogens (tertiary/aromatic N) is 1. The summed E-state index contributed by atoms with van der Waals surface area (Å²) >= 11 is 3.22. The van der Waals surface area contributed by atoms with E-state index in [9.17, 15) is 9.59 Å². The van der Waals surface area contributed by atoms with Gasteiger partial charge in [-0.25, -0.2) is 0 Å². The van der Waals surface area contributed by atoms with Gasteiger partial charge in [0.15, 0.2) is 0 Å². The fourth-order valence-electron chi connectivity index (χ4n) is 1.44. The van der Waals surface area contributed by atoms with Gasteiger partial charge in [-0.1, -0.05) is 0 Å². The summed E-state index contributed by atoms with van der Waals surface area (Å²) in [4.78, 5) is 22.9. The van der Waals surface area contributed by atoms with Crippen molar-refractivity contribution in [1.82, 2.24) is 9.88 Å². The van der Waals surface area contributed by atoms with Crippen LogP contribution < -0.4 is 16.6 Å². The molecule has 0 aliphatic heterocycles. The number of carbonyl (C=O) groups is 1. The molecule has 0 saturated carbocycles. The minimum atomic E-state index is -0.117. The summed E-state index contributed by atoms with van der Waals surface area (Å²) in [6, 6.07) is 0. The number of hydrogen-bond donors (Lipinski definition) is 2. The van der Waals surface area contributed by atoms with Crippen LogP contribution in [-0.2, 0) is 11.3 Å². The largest absolute Gasteiger partial charge is 0.397 e. The zero-order valence-corrected chi connectivity index (χ0v) is 11.5. The van der Waals surface area contributed by atoms with Crippen LogP contribution in [0.5, 0.6) is 0 Å². The summed E-state index contributed by atoms with van der Waals surface area (Å²) in [5.41, 5.74) is 6.98. The van der Waals surface area contributed by atoms with Crippen LogP contribution in [0.4, 0.5) is 5.69 Å². The Morgan fingerprint density at radius 3 is 2.82 bits per heavy atom. The first-order valence-electron chi connectivity index (χ1n) is 5.33. The van der Waals surface area contributed by atoms with E-state index in [4.69, 9.17) is 5.73 Å². The normalized spacial score (nSPS) is 10.3. The highest BCUT2D eigenvalue weighted by Crippen LogP contribution is 2.17. The van der Waals surface area contributed by atoms with Gasteiger partial charge in [0.2, 0.25) is 5.91 Å². The van der Waals surface area contributed by atoms with E-state index in [0.717, 1.165) is 5.56 Å². The van der Waals surface area contributed by atoms with Gasteiger partial charge in [0.05, 0.1) is 10.2 Å². The molecule has 1 rings (SSSR count). The van der Waals surface area contributed by atoms with Crippen LogP contribution in [0.3, 0.4) is 0 Å². The van der Waals surface area contributed by atoms with Gasteiger partial charge in [-0.3, -0.25) is 9.59 Å². The summed E-state index contributed by atoms with van der Waals surface area (Å²) in [7, 11) is 1.59. The number of hydrogen-bond acceptors (Lipinski definition) is 3. The molecule has 0 atom stereocenters. The first-order chi connectivity index (χ1) is 7.97. The van der Waals surface area contributed by atoms with E-state index >= 15 is 0 Å². The van der Waals surface area contributed by atoms with Gasteiger partial charge in [0.25, 0.3) is 5.56 Å². The molecule has 0 radical (unpaired) electrons. The molecule has 17 heavy (non-hydrogen) atoms. The molecule has 0 fully saturated rings. The number of aryl methyl sites for hydroxylation is 1. The molecule has 0 aliphatic carbocycles. The number of anilines is 1. The maximum Gasteiger partial charge on any atom is 0.265 e. The van der Waals surface area contributed by atoms with Gasteiger partial charge in [-0.2, -0.15) is 0 Å². The number of nitrogens with two attached hydrogens (primary N) is 1. The monoisotopic (exact) mass is 301 g/mol. The standard InChI is InChI=1S/C11H16BrN3O2/c1-7-8(13)6-15(11(17)10(7)12)5-3-4-9(16)14-2/h6H,3-5,13H2,1-2H3,(H,14,16). The molecule has 0 aromatic carbocycles. The quantitative estimate of drug-likeness (QED) is 0.872. The van der Waals surface area contributed by atoms with E-state index in [2.05, 4.69) is 21.2 Å². The van der Waals surface area contributed by atoms with E-state index in [1.807, 2.05) is 0 Å².